The third-order valence-corrected chi connectivity index (χ3v) is 3.88. The molecule has 0 spiro atoms. The van der Waals surface area contributed by atoms with Gasteiger partial charge in [-0.1, -0.05) is 48.0 Å². The Labute approximate surface area is 135 Å². The van der Waals surface area contributed by atoms with Gasteiger partial charge in [0.25, 0.3) is 0 Å². The first-order chi connectivity index (χ1) is 11.1. The summed E-state index contributed by atoms with van der Waals surface area (Å²) in [5.74, 6) is -0.326. The summed E-state index contributed by atoms with van der Waals surface area (Å²) >= 11 is 0. The Morgan fingerprint density at radius 3 is 2.48 bits per heavy atom. The Hall–Kier alpha value is -2.68. The van der Waals surface area contributed by atoms with Crippen LogP contribution in [0.15, 0.2) is 48.5 Å². The van der Waals surface area contributed by atoms with Crippen molar-refractivity contribution in [3.8, 4) is 11.3 Å². The Balaban J connectivity index is 2.37. The van der Waals surface area contributed by atoms with E-state index in [2.05, 4.69) is 6.07 Å². The van der Waals surface area contributed by atoms with Crippen molar-refractivity contribution in [3.05, 3.63) is 65.4 Å². The van der Waals surface area contributed by atoms with E-state index in [1.54, 1.807) is 0 Å². The average molecular weight is 305 g/mol. The highest BCUT2D eigenvalue weighted by molar-refractivity contribution is 6.09. The van der Waals surface area contributed by atoms with Crippen molar-refractivity contribution in [1.82, 2.24) is 4.98 Å². The number of hydrogen-bond donors (Lipinski definition) is 0. The number of esters is 1. The van der Waals surface area contributed by atoms with Crippen molar-refractivity contribution in [2.45, 2.75) is 20.8 Å². The van der Waals surface area contributed by atoms with Crippen molar-refractivity contribution in [2.75, 3.05) is 6.61 Å². The first-order valence-electron chi connectivity index (χ1n) is 7.75. The minimum absolute atomic E-state index is 0.326. The molecular formula is C20H19NO2. The summed E-state index contributed by atoms with van der Waals surface area (Å²) in [6, 6.07) is 15.8. The highest BCUT2D eigenvalue weighted by atomic mass is 16.5. The molecule has 0 amide bonds. The zero-order valence-corrected chi connectivity index (χ0v) is 13.6. The molecule has 0 atom stereocenters. The number of pyridine rings is 1. The molecule has 3 aromatic rings. The quantitative estimate of drug-likeness (QED) is 0.659. The van der Waals surface area contributed by atoms with Crippen LogP contribution in [0.4, 0.5) is 0 Å². The molecule has 3 nitrogen and oxygen atoms in total. The van der Waals surface area contributed by atoms with Gasteiger partial charge in [0.1, 0.15) is 0 Å². The predicted molar refractivity (Wildman–Crippen MR) is 92.6 cm³/mol. The van der Waals surface area contributed by atoms with Crippen LogP contribution in [-0.4, -0.2) is 17.6 Å². The van der Waals surface area contributed by atoms with Crippen molar-refractivity contribution >= 4 is 16.7 Å². The molecule has 0 saturated heterocycles. The predicted octanol–water partition coefficient (Wildman–Crippen LogP) is 4.70. The van der Waals surface area contributed by atoms with Gasteiger partial charge >= 0.3 is 5.97 Å². The molecule has 1 heterocycles. The second-order valence-electron chi connectivity index (χ2n) is 5.56. The largest absolute Gasteiger partial charge is 0.462 e. The zero-order valence-electron chi connectivity index (χ0n) is 13.6. The van der Waals surface area contributed by atoms with Gasteiger partial charge in [0.15, 0.2) is 0 Å². The topological polar surface area (TPSA) is 39.2 Å². The Kier molecular flexibility index (Phi) is 4.11. The standard InChI is InChI=1S/C20H19NO2/c1-4-23-20(22)18-16-11-10-13(2)12-17(16)14(3)21-19(18)15-8-6-5-7-9-15/h5-12H,4H2,1-3H3. The lowest BCUT2D eigenvalue weighted by Gasteiger charge is -2.14. The molecule has 2 aromatic carbocycles. The Bertz CT molecular complexity index is 870. The van der Waals surface area contributed by atoms with E-state index < -0.39 is 0 Å². The second-order valence-corrected chi connectivity index (χ2v) is 5.56. The van der Waals surface area contributed by atoms with Crippen LogP contribution in [0.2, 0.25) is 0 Å². The molecule has 3 heteroatoms. The summed E-state index contributed by atoms with van der Waals surface area (Å²) in [5, 5.41) is 1.88. The van der Waals surface area contributed by atoms with Gasteiger partial charge in [0, 0.05) is 22.0 Å². The molecule has 0 saturated carbocycles. The van der Waals surface area contributed by atoms with Crippen LogP contribution in [0.25, 0.3) is 22.0 Å². The molecule has 0 bridgehead atoms. The number of carbonyl (C=O) groups is 1. The number of aromatic nitrogens is 1. The minimum Gasteiger partial charge on any atom is -0.462 e. The Morgan fingerprint density at radius 2 is 1.78 bits per heavy atom. The van der Waals surface area contributed by atoms with Crippen LogP contribution in [-0.2, 0) is 4.74 Å². The van der Waals surface area contributed by atoms with E-state index in [4.69, 9.17) is 9.72 Å². The average Bonchev–Trinajstić information content (AvgIpc) is 2.56. The monoisotopic (exact) mass is 305 g/mol. The number of nitrogens with zero attached hydrogens (tertiary/aromatic N) is 1. The third kappa shape index (κ3) is 2.82. The van der Waals surface area contributed by atoms with Gasteiger partial charge in [-0.25, -0.2) is 4.79 Å². The molecule has 3 rings (SSSR count). The molecule has 0 fully saturated rings. The maximum absolute atomic E-state index is 12.6. The Morgan fingerprint density at radius 1 is 1.04 bits per heavy atom. The van der Waals surface area contributed by atoms with E-state index in [9.17, 15) is 4.79 Å². The zero-order chi connectivity index (χ0) is 16.4. The normalized spacial score (nSPS) is 10.7. The number of benzene rings is 2. The van der Waals surface area contributed by atoms with Gasteiger partial charge in [0.2, 0.25) is 0 Å². The number of aryl methyl sites for hydroxylation is 2. The van der Waals surface area contributed by atoms with E-state index in [1.165, 1.54) is 0 Å². The summed E-state index contributed by atoms with van der Waals surface area (Å²) in [4.78, 5) is 17.3. The number of fused-ring (bicyclic) bond motifs is 1. The molecule has 0 N–H and O–H groups in total. The third-order valence-electron chi connectivity index (χ3n) is 3.88. The fraction of sp³-hybridized carbons (Fsp3) is 0.200. The van der Waals surface area contributed by atoms with E-state index in [0.29, 0.717) is 17.9 Å². The lowest BCUT2D eigenvalue weighted by molar-refractivity contribution is 0.0529. The molecule has 0 radical (unpaired) electrons. The van der Waals surface area contributed by atoms with Gasteiger partial charge in [-0.05, 0) is 26.8 Å². The van der Waals surface area contributed by atoms with Crippen LogP contribution in [0.3, 0.4) is 0 Å². The first kappa shape index (κ1) is 15.2. The van der Waals surface area contributed by atoms with Gasteiger partial charge < -0.3 is 4.74 Å². The van der Waals surface area contributed by atoms with Crippen LogP contribution in [0, 0.1) is 13.8 Å². The molecule has 0 unspecified atom stereocenters. The van der Waals surface area contributed by atoms with Crippen molar-refractivity contribution in [2.24, 2.45) is 0 Å². The van der Waals surface area contributed by atoms with Crippen molar-refractivity contribution in [1.29, 1.82) is 0 Å². The number of rotatable bonds is 3. The molecule has 116 valence electrons. The summed E-state index contributed by atoms with van der Waals surface area (Å²) < 4.78 is 5.29. The van der Waals surface area contributed by atoms with Crippen LogP contribution in [0.1, 0.15) is 28.5 Å². The molecule has 23 heavy (non-hydrogen) atoms. The molecular weight excluding hydrogens is 286 g/mol. The minimum atomic E-state index is -0.326. The molecule has 0 aliphatic heterocycles. The lowest BCUT2D eigenvalue weighted by atomic mass is 9.97. The number of ether oxygens (including phenoxy) is 1. The summed E-state index contributed by atoms with van der Waals surface area (Å²) in [5.41, 5.74) is 4.19. The van der Waals surface area contributed by atoms with Crippen molar-refractivity contribution < 1.29 is 9.53 Å². The number of carbonyl (C=O) groups excluding carboxylic acids is 1. The van der Waals surface area contributed by atoms with E-state index in [0.717, 1.165) is 27.6 Å². The summed E-state index contributed by atoms with van der Waals surface area (Å²) in [6.45, 7) is 6.17. The van der Waals surface area contributed by atoms with Gasteiger partial charge in [-0.2, -0.15) is 0 Å². The second kappa shape index (κ2) is 6.21. The first-order valence-corrected chi connectivity index (χ1v) is 7.75. The molecule has 0 aliphatic carbocycles. The van der Waals surface area contributed by atoms with Crippen LogP contribution >= 0.6 is 0 Å². The van der Waals surface area contributed by atoms with Crippen LogP contribution in [0.5, 0.6) is 0 Å². The maximum Gasteiger partial charge on any atom is 0.340 e. The fourth-order valence-corrected chi connectivity index (χ4v) is 2.80. The maximum atomic E-state index is 12.6. The van der Waals surface area contributed by atoms with Gasteiger partial charge in [-0.3, -0.25) is 4.98 Å². The van der Waals surface area contributed by atoms with Gasteiger partial charge in [0.05, 0.1) is 17.9 Å². The lowest BCUT2D eigenvalue weighted by Crippen LogP contribution is -2.09. The SMILES string of the molecule is CCOC(=O)c1c(-c2ccccc2)nc(C)c2cc(C)ccc12. The highest BCUT2D eigenvalue weighted by Gasteiger charge is 2.20. The highest BCUT2D eigenvalue weighted by Crippen LogP contribution is 2.31. The van der Waals surface area contributed by atoms with Crippen LogP contribution < -0.4 is 0 Å². The molecule has 0 aliphatic rings. The summed E-state index contributed by atoms with van der Waals surface area (Å²) in [6.07, 6.45) is 0. The summed E-state index contributed by atoms with van der Waals surface area (Å²) in [7, 11) is 0. The van der Waals surface area contributed by atoms with Crippen molar-refractivity contribution in [3.63, 3.8) is 0 Å². The van der Waals surface area contributed by atoms with E-state index >= 15 is 0 Å². The fourth-order valence-electron chi connectivity index (χ4n) is 2.80. The van der Waals surface area contributed by atoms with Gasteiger partial charge in [-0.15, -0.1) is 0 Å². The number of hydrogen-bond acceptors (Lipinski definition) is 3. The van der Waals surface area contributed by atoms with E-state index in [-0.39, 0.29) is 5.97 Å². The smallest absolute Gasteiger partial charge is 0.340 e. The van der Waals surface area contributed by atoms with E-state index in [1.807, 2.05) is 63.2 Å². The molecule has 1 aromatic heterocycles.